The van der Waals surface area contributed by atoms with Gasteiger partial charge in [0.1, 0.15) is 6.61 Å². The van der Waals surface area contributed by atoms with Crippen molar-refractivity contribution in [3.05, 3.63) is 0 Å². The molecule has 0 aromatic rings. The van der Waals surface area contributed by atoms with E-state index in [2.05, 4.69) is 10.1 Å². The summed E-state index contributed by atoms with van der Waals surface area (Å²) in [5, 5.41) is 3.01. The smallest absolute Gasteiger partial charge is 0.331 e. The van der Waals surface area contributed by atoms with Gasteiger partial charge in [0.25, 0.3) is 0 Å². The first kappa shape index (κ1) is 36.0. The van der Waals surface area contributed by atoms with Crippen molar-refractivity contribution in [1.29, 1.82) is 0 Å². The quantitative estimate of drug-likeness (QED) is 0.0868. The highest BCUT2D eigenvalue weighted by Gasteiger charge is 1.99. The van der Waals surface area contributed by atoms with Crippen molar-refractivity contribution in [3.63, 3.8) is 0 Å². The van der Waals surface area contributed by atoms with Crippen LogP contribution < -0.4 is 5.32 Å². The summed E-state index contributed by atoms with van der Waals surface area (Å²) in [5.74, 6) is -0.405. The Balaban J connectivity index is 3.03. The van der Waals surface area contributed by atoms with Gasteiger partial charge in [0.05, 0.1) is 133 Å². The lowest BCUT2D eigenvalue weighted by molar-refractivity contribution is -0.146. The predicted molar refractivity (Wildman–Crippen MR) is 134 cm³/mol. The van der Waals surface area contributed by atoms with Crippen molar-refractivity contribution in [2.75, 3.05) is 153 Å². The predicted octanol–water partition coefficient (Wildman–Crippen LogP) is -0.455. The molecule has 0 bridgehead atoms. The maximum atomic E-state index is 10.8. The molecule has 13 heteroatoms. The summed E-state index contributed by atoms with van der Waals surface area (Å²) in [6, 6.07) is 0. The van der Waals surface area contributed by atoms with Gasteiger partial charge in [-0.25, -0.2) is 4.79 Å². The largest absolute Gasteiger partial charge is 0.467 e. The molecule has 0 aromatic carbocycles. The van der Waals surface area contributed by atoms with E-state index in [0.717, 1.165) is 6.54 Å². The number of likely N-dealkylation sites (N-methyl/N-ethyl adjacent to an activating group) is 1. The minimum Gasteiger partial charge on any atom is -0.467 e. The molecule has 1 N–H and O–H groups in total. The van der Waals surface area contributed by atoms with E-state index in [1.54, 1.807) is 0 Å². The van der Waals surface area contributed by atoms with Gasteiger partial charge in [-0.2, -0.15) is 0 Å². The fourth-order valence-electron chi connectivity index (χ4n) is 2.37. The first-order chi connectivity index (χ1) is 18.3. The van der Waals surface area contributed by atoms with Gasteiger partial charge in [0, 0.05) is 6.54 Å². The minimum absolute atomic E-state index is 0.0667. The van der Waals surface area contributed by atoms with Gasteiger partial charge >= 0.3 is 5.97 Å². The standard InChI is InChI=1S/C24H49NO12/c1-25-3-4-28-5-6-29-7-8-30-9-10-31-11-12-32-13-14-33-15-16-34-17-18-35-19-20-36-21-22-37-23-24(26)27-2/h25H,3-23H2,1-2H3. The van der Waals surface area contributed by atoms with Crippen molar-refractivity contribution in [1.82, 2.24) is 5.32 Å². The molecule has 0 aliphatic carbocycles. The molecule has 0 atom stereocenters. The fraction of sp³-hybridized carbons (Fsp3) is 0.958. The van der Waals surface area contributed by atoms with Crippen molar-refractivity contribution in [2.24, 2.45) is 0 Å². The Morgan fingerprint density at radius 2 is 0.676 bits per heavy atom. The summed E-state index contributed by atoms with van der Waals surface area (Å²) in [4.78, 5) is 10.8. The van der Waals surface area contributed by atoms with Crippen LogP contribution in [0.15, 0.2) is 0 Å². The molecule has 0 aliphatic heterocycles. The van der Waals surface area contributed by atoms with Gasteiger partial charge in [0.15, 0.2) is 0 Å². The zero-order chi connectivity index (χ0) is 26.9. The van der Waals surface area contributed by atoms with Crippen LogP contribution in [0.5, 0.6) is 0 Å². The van der Waals surface area contributed by atoms with Crippen LogP contribution in [0.1, 0.15) is 0 Å². The van der Waals surface area contributed by atoms with E-state index in [0.29, 0.717) is 126 Å². The molecule has 0 aromatic heterocycles. The van der Waals surface area contributed by atoms with Crippen molar-refractivity contribution < 1.29 is 56.9 Å². The molecule has 0 unspecified atom stereocenters. The first-order valence-corrected chi connectivity index (χ1v) is 12.8. The monoisotopic (exact) mass is 543 g/mol. The molecule has 0 amide bonds. The van der Waals surface area contributed by atoms with Gasteiger partial charge in [-0.1, -0.05) is 0 Å². The number of ether oxygens (including phenoxy) is 11. The second-order valence-electron chi connectivity index (χ2n) is 7.24. The van der Waals surface area contributed by atoms with Gasteiger partial charge in [-0.3, -0.25) is 0 Å². The molecule has 0 heterocycles. The summed E-state index contributed by atoms with van der Waals surface area (Å²) >= 11 is 0. The summed E-state index contributed by atoms with van der Waals surface area (Å²) in [6.45, 7) is 10.4. The van der Waals surface area contributed by atoms with E-state index >= 15 is 0 Å². The lowest BCUT2D eigenvalue weighted by Crippen LogP contribution is -2.17. The summed E-state index contributed by atoms with van der Waals surface area (Å²) < 4.78 is 58.1. The third-order valence-electron chi connectivity index (χ3n) is 4.29. The maximum absolute atomic E-state index is 10.8. The average molecular weight is 544 g/mol. The number of esters is 1. The van der Waals surface area contributed by atoms with Crippen LogP contribution in [0.25, 0.3) is 0 Å². The normalized spacial score (nSPS) is 11.3. The van der Waals surface area contributed by atoms with Gasteiger partial charge in [-0.05, 0) is 7.05 Å². The van der Waals surface area contributed by atoms with E-state index in [4.69, 9.17) is 47.4 Å². The van der Waals surface area contributed by atoms with E-state index in [9.17, 15) is 4.79 Å². The zero-order valence-corrected chi connectivity index (χ0v) is 22.7. The van der Waals surface area contributed by atoms with Gasteiger partial charge in [-0.15, -0.1) is 0 Å². The minimum atomic E-state index is -0.405. The molecular weight excluding hydrogens is 494 g/mol. The number of carbonyl (C=O) groups excluding carboxylic acids is 1. The first-order valence-electron chi connectivity index (χ1n) is 12.8. The molecule has 0 rings (SSSR count). The van der Waals surface area contributed by atoms with Crippen molar-refractivity contribution in [2.45, 2.75) is 0 Å². The van der Waals surface area contributed by atoms with Crippen LogP contribution in [-0.4, -0.2) is 159 Å². The van der Waals surface area contributed by atoms with Crippen LogP contribution >= 0.6 is 0 Å². The number of rotatable bonds is 32. The second kappa shape index (κ2) is 33.1. The third-order valence-corrected chi connectivity index (χ3v) is 4.29. The summed E-state index contributed by atoms with van der Waals surface area (Å²) in [7, 11) is 3.21. The van der Waals surface area contributed by atoms with E-state index in [1.807, 2.05) is 7.05 Å². The summed E-state index contributed by atoms with van der Waals surface area (Å²) in [5.41, 5.74) is 0. The molecular formula is C24H49NO12. The maximum Gasteiger partial charge on any atom is 0.331 e. The van der Waals surface area contributed by atoms with E-state index in [-0.39, 0.29) is 6.61 Å². The molecule has 0 fully saturated rings. The van der Waals surface area contributed by atoms with Crippen LogP contribution in [0.4, 0.5) is 0 Å². The molecule has 0 saturated heterocycles. The lowest BCUT2D eigenvalue weighted by Gasteiger charge is -2.09. The molecule has 0 saturated carbocycles. The van der Waals surface area contributed by atoms with Crippen LogP contribution in [0, 0.1) is 0 Å². The highest BCUT2D eigenvalue weighted by molar-refractivity contribution is 5.70. The number of nitrogens with one attached hydrogen (secondary N) is 1. The Kier molecular flexibility index (Phi) is 32.2. The van der Waals surface area contributed by atoms with Crippen LogP contribution in [0.3, 0.4) is 0 Å². The molecule has 13 nitrogen and oxygen atoms in total. The highest BCUT2D eigenvalue weighted by atomic mass is 16.6. The summed E-state index contributed by atoms with van der Waals surface area (Å²) in [6.07, 6.45) is 0. The molecule has 37 heavy (non-hydrogen) atoms. The Morgan fingerprint density at radius 1 is 0.432 bits per heavy atom. The van der Waals surface area contributed by atoms with E-state index < -0.39 is 5.97 Å². The molecule has 0 spiro atoms. The van der Waals surface area contributed by atoms with Crippen LogP contribution in [-0.2, 0) is 56.9 Å². The Hall–Kier alpha value is -0.970. The average Bonchev–Trinajstić information content (AvgIpc) is 2.91. The van der Waals surface area contributed by atoms with Gasteiger partial charge in [0.2, 0.25) is 0 Å². The molecule has 0 aliphatic rings. The van der Waals surface area contributed by atoms with Crippen molar-refractivity contribution >= 4 is 5.97 Å². The third kappa shape index (κ3) is 33.0. The second-order valence-corrected chi connectivity index (χ2v) is 7.24. The Morgan fingerprint density at radius 3 is 0.919 bits per heavy atom. The van der Waals surface area contributed by atoms with E-state index in [1.165, 1.54) is 7.11 Å². The SMILES string of the molecule is CNCCOCCOCCOCCOCCOCCOCCOCCOCCOCCOCC(=O)OC. The highest BCUT2D eigenvalue weighted by Crippen LogP contribution is 1.87. The fourth-order valence-corrected chi connectivity index (χ4v) is 2.37. The van der Waals surface area contributed by atoms with Gasteiger partial charge < -0.3 is 57.4 Å². The zero-order valence-electron chi connectivity index (χ0n) is 22.7. The Labute approximate surface area is 221 Å². The number of hydrogen-bond acceptors (Lipinski definition) is 13. The van der Waals surface area contributed by atoms with Crippen LogP contribution in [0.2, 0.25) is 0 Å². The number of hydrogen-bond donors (Lipinski definition) is 1. The van der Waals surface area contributed by atoms with Crippen molar-refractivity contribution in [3.8, 4) is 0 Å². The molecule has 222 valence electrons. The number of methoxy groups -OCH3 is 1. The number of carbonyl (C=O) groups is 1. The lowest BCUT2D eigenvalue weighted by atomic mass is 10.6. The molecule has 0 radical (unpaired) electrons. The topological polar surface area (TPSA) is 131 Å². The Bertz CT molecular complexity index is 448.